The van der Waals surface area contributed by atoms with E-state index in [9.17, 15) is 0 Å². The van der Waals surface area contributed by atoms with Gasteiger partial charge in [-0.15, -0.1) is 0 Å². The Labute approximate surface area is 84.6 Å². The van der Waals surface area contributed by atoms with Crippen LogP contribution in [0.1, 0.15) is 6.92 Å². The summed E-state index contributed by atoms with van der Waals surface area (Å²) in [5.74, 6) is 0. The lowest BCUT2D eigenvalue weighted by atomic mass is 10.5. The van der Waals surface area contributed by atoms with Gasteiger partial charge >= 0.3 is 0 Å². The second-order valence-corrected chi connectivity index (χ2v) is 2.41. The third kappa shape index (κ3) is 22.5. The van der Waals surface area contributed by atoms with Gasteiger partial charge in [-0.05, 0) is 6.92 Å². The van der Waals surface area contributed by atoms with Crippen LogP contribution in [0.4, 0.5) is 0 Å². The fourth-order valence-electron chi connectivity index (χ4n) is 0.438. The Kier molecular flexibility index (Phi) is 16.8. The number of rotatable bonds is 7. The Balaban J connectivity index is 0. The first kappa shape index (κ1) is 15.8. The van der Waals surface area contributed by atoms with Crippen molar-refractivity contribution in [2.45, 2.75) is 13.0 Å². The molecule has 0 fully saturated rings. The van der Waals surface area contributed by atoms with E-state index in [2.05, 4.69) is 16.1 Å². The lowest BCUT2D eigenvalue weighted by molar-refractivity contribution is 0.0650. The van der Waals surface area contributed by atoms with Crippen molar-refractivity contribution in [1.82, 2.24) is 0 Å². The van der Waals surface area contributed by atoms with Gasteiger partial charge in [-0.3, -0.25) is 0 Å². The standard InChI is InChI=1S/C5H10O2.C4H10O3/c1-3-7-4-5(2)6;5-1-3-7-4-2-6/h3,5-6H,1,4H2,2H3;5-6H,1-4H2. The summed E-state index contributed by atoms with van der Waals surface area (Å²) in [7, 11) is 0. The molecule has 5 nitrogen and oxygen atoms in total. The predicted molar refractivity (Wildman–Crippen MR) is 52.8 cm³/mol. The molecule has 0 aliphatic rings. The second-order valence-electron chi connectivity index (χ2n) is 2.41. The normalized spacial score (nSPS) is 11.1. The third-order valence-electron chi connectivity index (χ3n) is 0.927. The molecule has 0 aromatic carbocycles. The van der Waals surface area contributed by atoms with Crippen molar-refractivity contribution in [3.63, 3.8) is 0 Å². The predicted octanol–water partition coefficient (Wildman–Crippen LogP) is -0.485. The van der Waals surface area contributed by atoms with Gasteiger partial charge in [0.15, 0.2) is 0 Å². The van der Waals surface area contributed by atoms with Gasteiger partial charge in [-0.1, -0.05) is 6.58 Å². The summed E-state index contributed by atoms with van der Waals surface area (Å²) in [6.45, 7) is 5.99. The molecule has 14 heavy (non-hydrogen) atoms. The summed E-state index contributed by atoms with van der Waals surface area (Å²) in [6.07, 6.45) is 0.921. The smallest absolute Gasteiger partial charge is 0.113 e. The Morgan fingerprint density at radius 2 is 1.79 bits per heavy atom. The van der Waals surface area contributed by atoms with E-state index in [1.54, 1.807) is 6.92 Å². The van der Waals surface area contributed by atoms with Crippen molar-refractivity contribution in [1.29, 1.82) is 0 Å². The van der Waals surface area contributed by atoms with Crippen molar-refractivity contribution >= 4 is 0 Å². The molecule has 0 spiro atoms. The molecule has 0 bridgehead atoms. The van der Waals surface area contributed by atoms with E-state index in [0.717, 1.165) is 0 Å². The van der Waals surface area contributed by atoms with E-state index in [0.29, 0.717) is 19.8 Å². The maximum atomic E-state index is 8.51. The molecule has 0 aromatic rings. The van der Waals surface area contributed by atoms with Crippen LogP contribution < -0.4 is 0 Å². The van der Waals surface area contributed by atoms with Gasteiger partial charge in [0.1, 0.15) is 6.61 Å². The van der Waals surface area contributed by atoms with E-state index in [1.165, 1.54) is 6.26 Å². The maximum Gasteiger partial charge on any atom is 0.113 e. The minimum Gasteiger partial charge on any atom is -0.499 e. The Morgan fingerprint density at radius 3 is 2.00 bits per heavy atom. The highest BCUT2D eigenvalue weighted by Crippen LogP contribution is 1.80. The number of hydrogen-bond acceptors (Lipinski definition) is 5. The van der Waals surface area contributed by atoms with E-state index < -0.39 is 6.10 Å². The van der Waals surface area contributed by atoms with Crippen LogP contribution in [0.15, 0.2) is 12.8 Å². The zero-order chi connectivity index (χ0) is 11.2. The highest BCUT2D eigenvalue weighted by atomic mass is 16.5. The van der Waals surface area contributed by atoms with E-state index in [4.69, 9.17) is 15.3 Å². The van der Waals surface area contributed by atoms with Crippen LogP contribution in [-0.2, 0) is 9.47 Å². The lowest BCUT2D eigenvalue weighted by Gasteiger charge is -2.00. The Morgan fingerprint density at radius 1 is 1.29 bits per heavy atom. The molecule has 0 aliphatic carbocycles. The van der Waals surface area contributed by atoms with Crippen LogP contribution >= 0.6 is 0 Å². The molecule has 0 saturated heterocycles. The van der Waals surface area contributed by atoms with E-state index in [-0.39, 0.29) is 13.2 Å². The lowest BCUT2D eigenvalue weighted by Crippen LogP contribution is -2.06. The molecular formula is C9H20O5. The van der Waals surface area contributed by atoms with Gasteiger partial charge in [0, 0.05) is 0 Å². The molecule has 0 aliphatic heterocycles. The van der Waals surface area contributed by atoms with Crippen molar-refractivity contribution in [3.05, 3.63) is 12.8 Å². The molecule has 5 heteroatoms. The minimum absolute atomic E-state index is 0.0278. The second kappa shape index (κ2) is 14.9. The van der Waals surface area contributed by atoms with Gasteiger partial charge < -0.3 is 24.8 Å². The summed E-state index contributed by atoms with van der Waals surface area (Å²) < 4.78 is 9.24. The van der Waals surface area contributed by atoms with Crippen molar-refractivity contribution in [2.75, 3.05) is 33.0 Å². The molecular weight excluding hydrogens is 188 g/mol. The molecule has 1 unspecified atom stereocenters. The van der Waals surface area contributed by atoms with Crippen LogP contribution in [0.5, 0.6) is 0 Å². The van der Waals surface area contributed by atoms with Gasteiger partial charge in [0.25, 0.3) is 0 Å². The number of hydrogen-bond donors (Lipinski definition) is 3. The summed E-state index contributed by atoms with van der Waals surface area (Å²) in [5.41, 5.74) is 0. The van der Waals surface area contributed by atoms with E-state index in [1.807, 2.05) is 0 Å². The maximum absolute atomic E-state index is 8.51. The average molecular weight is 208 g/mol. The fourth-order valence-corrected chi connectivity index (χ4v) is 0.438. The average Bonchev–Trinajstić information content (AvgIpc) is 2.16. The molecule has 0 amide bonds. The van der Waals surface area contributed by atoms with Crippen LogP contribution in [0, 0.1) is 0 Å². The number of ether oxygens (including phenoxy) is 2. The van der Waals surface area contributed by atoms with E-state index >= 15 is 0 Å². The number of aliphatic hydroxyl groups excluding tert-OH is 3. The minimum atomic E-state index is -0.391. The monoisotopic (exact) mass is 208 g/mol. The molecule has 0 aromatic heterocycles. The topological polar surface area (TPSA) is 79.2 Å². The Hall–Kier alpha value is -0.620. The SMILES string of the molecule is C=COCC(C)O.OCCOCCO. The highest BCUT2D eigenvalue weighted by Gasteiger charge is 1.89. The van der Waals surface area contributed by atoms with Gasteiger partial charge in [0.2, 0.25) is 0 Å². The first-order valence-corrected chi connectivity index (χ1v) is 4.39. The molecule has 0 heterocycles. The van der Waals surface area contributed by atoms with Crippen LogP contribution in [0.3, 0.4) is 0 Å². The quantitative estimate of drug-likeness (QED) is 0.389. The number of aliphatic hydroxyl groups is 3. The molecule has 3 N–H and O–H groups in total. The zero-order valence-electron chi connectivity index (χ0n) is 8.56. The summed E-state index contributed by atoms with van der Waals surface area (Å²) in [6, 6.07) is 0. The molecule has 0 rings (SSSR count). The van der Waals surface area contributed by atoms with Gasteiger partial charge in [0.05, 0.1) is 38.8 Å². The van der Waals surface area contributed by atoms with Crippen LogP contribution in [0.25, 0.3) is 0 Å². The largest absolute Gasteiger partial charge is 0.499 e. The fraction of sp³-hybridized carbons (Fsp3) is 0.778. The highest BCUT2D eigenvalue weighted by molar-refractivity contribution is 4.50. The molecule has 86 valence electrons. The first-order chi connectivity index (χ1) is 6.68. The first-order valence-electron chi connectivity index (χ1n) is 4.39. The van der Waals surface area contributed by atoms with Crippen LogP contribution in [-0.4, -0.2) is 54.5 Å². The summed E-state index contributed by atoms with van der Waals surface area (Å²) in [5, 5.41) is 24.7. The van der Waals surface area contributed by atoms with Crippen molar-refractivity contribution < 1.29 is 24.8 Å². The Bertz CT molecular complexity index is 101. The summed E-state index contributed by atoms with van der Waals surface area (Å²) >= 11 is 0. The molecule has 1 atom stereocenters. The molecule has 0 saturated carbocycles. The summed E-state index contributed by atoms with van der Waals surface area (Å²) in [4.78, 5) is 0. The molecule has 0 radical (unpaired) electrons. The van der Waals surface area contributed by atoms with Crippen molar-refractivity contribution in [3.8, 4) is 0 Å². The van der Waals surface area contributed by atoms with Crippen LogP contribution in [0.2, 0.25) is 0 Å². The zero-order valence-corrected chi connectivity index (χ0v) is 8.56. The third-order valence-corrected chi connectivity index (χ3v) is 0.927. The van der Waals surface area contributed by atoms with Crippen molar-refractivity contribution in [2.24, 2.45) is 0 Å². The van der Waals surface area contributed by atoms with Gasteiger partial charge in [-0.2, -0.15) is 0 Å². The van der Waals surface area contributed by atoms with Gasteiger partial charge in [-0.25, -0.2) is 0 Å².